The molecule has 1 aliphatic rings. The Balaban J connectivity index is 2.10. The summed E-state index contributed by atoms with van der Waals surface area (Å²) in [5.74, 6) is 1.67. The molecule has 0 spiro atoms. The Kier molecular flexibility index (Phi) is 5.25. The topological polar surface area (TPSA) is 36.3 Å². The zero-order chi connectivity index (χ0) is 15.3. The number of benzene rings is 1. The molecule has 0 aliphatic carbocycles. The molecule has 0 radical (unpaired) electrons. The van der Waals surface area contributed by atoms with Crippen LogP contribution in [0.5, 0.6) is 5.75 Å². The second-order valence-corrected chi connectivity index (χ2v) is 6.31. The zero-order valence-electron chi connectivity index (χ0n) is 13.4. The number of hydrogen-bond acceptors (Lipinski definition) is 3. The van der Waals surface area contributed by atoms with Crippen molar-refractivity contribution in [2.75, 3.05) is 19.7 Å². The monoisotopic (exact) mass is 286 g/mol. The Morgan fingerprint density at radius 1 is 1.38 bits per heavy atom. The van der Waals surface area contributed by atoms with Crippen LogP contribution in [0.1, 0.15) is 39.2 Å². The van der Waals surface area contributed by atoms with Gasteiger partial charge in [-0.05, 0) is 63.4 Å². The summed E-state index contributed by atoms with van der Waals surface area (Å²) in [7, 11) is 0. The Labute approximate surface area is 128 Å². The van der Waals surface area contributed by atoms with E-state index in [4.69, 9.17) is 4.74 Å². The van der Waals surface area contributed by atoms with Crippen LogP contribution >= 0.6 is 0 Å². The Morgan fingerprint density at radius 3 is 2.71 bits per heavy atom. The lowest BCUT2D eigenvalue weighted by atomic mass is 9.88. The van der Waals surface area contributed by atoms with Crippen molar-refractivity contribution in [1.82, 2.24) is 4.90 Å². The van der Waals surface area contributed by atoms with Crippen molar-refractivity contribution in [3.63, 3.8) is 0 Å². The van der Waals surface area contributed by atoms with E-state index in [1.807, 2.05) is 19.1 Å². The summed E-state index contributed by atoms with van der Waals surface area (Å²) in [6, 6.07) is 10.7. The molecule has 1 heterocycles. The van der Waals surface area contributed by atoms with E-state index in [-0.39, 0.29) is 0 Å². The first-order valence-corrected chi connectivity index (χ1v) is 7.95. The standard InChI is InChI=1S/C18H26N2O/c1-4-21-17-7-5-6-16(12-17)13-18(3,14-19)20-10-8-15(2)9-11-20/h5-7,12,15H,4,8-11,13H2,1-3H3. The van der Waals surface area contributed by atoms with Gasteiger partial charge in [-0.1, -0.05) is 19.1 Å². The Hall–Kier alpha value is -1.53. The van der Waals surface area contributed by atoms with Crippen LogP contribution in [-0.2, 0) is 6.42 Å². The lowest BCUT2D eigenvalue weighted by Crippen LogP contribution is -2.50. The molecular weight excluding hydrogens is 260 g/mol. The first kappa shape index (κ1) is 15.9. The number of nitriles is 1. The van der Waals surface area contributed by atoms with Gasteiger partial charge in [-0.3, -0.25) is 4.90 Å². The van der Waals surface area contributed by atoms with Gasteiger partial charge >= 0.3 is 0 Å². The predicted molar refractivity (Wildman–Crippen MR) is 85.3 cm³/mol. The van der Waals surface area contributed by atoms with Crippen LogP contribution in [0.2, 0.25) is 0 Å². The van der Waals surface area contributed by atoms with Crippen molar-refractivity contribution in [3.05, 3.63) is 29.8 Å². The molecule has 2 rings (SSSR count). The maximum Gasteiger partial charge on any atom is 0.119 e. The van der Waals surface area contributed by atoms with Gasteiger partial charge in [0, 0.05) is 6.42 Å². The average molecular weight is 286 g/mol. The molecule has 0 amide bonds. The maximum atomic E-state index is 9.71. The molecule has 1 aromatic carbocycles. The van der Waals surface area contributed by atoms with Gasteiger partial charge in [0.05, 0.1) is 12.7 Å². The Morgan fingerprint density at radius 2 is 2.10 bits per heavy atom. The van der Waals surface area contributed by atoms with Gasteiger partial charge in [0.25, 0.3) is 0 Å². The lowest BCUT2D eigenvalue weighted by Gasteiger charge is -2.40. The molecule has 1 aromatic rings. The number of rotatable bonds is 5. The molecular formula is C18H26N2O. The molecule has 1 aliphatic heterocycles. The van der Waals surface area contributed by atoms with Gasteiger partial charge in [-0.15, -0.1) is 0 Å². The quantitative estimate of drug-likeness (QED) is 0.829. The third-order valence-corrected chi connectivity index (χ3v) is 4.48. The van der Waals surface area contributed by atoms with Crippen LogP contribution in [0, 0.1) is 17.2 Å². The third kappa shape index (κ3) is 3.98. The summed E-state index contributed by atoms with van der Waals surface area (Å²) in [5.41, 5.74) is 0.744. The van der Waals surface area contributed by atoms with Crippen molar-refractivity contribution in [1.29, 1.82) is 5.26 Å². The van der Waals surface area contributed by atoms with Gasteiger partial charge in [0.15, 0.2) is 0 Å². The number of piperidine rings is 1. The van der Waals surface area contributed by atoms with E-state index >= 15 is 0 Å². The minimum absolute atomic E-state index is 0.426. The molecule has 0 saturated carbocycles. The van der Waals surface area contributed by atoms with E-state index < -0.39 is 5.54 Å². The zero-order valence-corrected chi connectivity index (χ0v) is 13.4. The second-order valence-electron chi connectivity index (χ2n) is 6.31. The number of ether oxygens (including phenoxy) is 1. The fourth-order valence-corrected chi connectivity index (χ4v) is 3.03. The summed E-state index contributed by atoms with van der Waals surface area (Å²) in [6.07, 6.45) is 3.13. The highest BCUT2D eigenvalue weighted by molar-refractivity contribution is 5.31. The molecule has 0 N–H and O–H groups in total. The molecule has 1 saturated heterocycles. The summed E-state index contributed by atoms with van der Waals surface area (Å²) in [6.45, 7) is 9.07. The van der Waals surface area contributed by atoms with Gasteiger partial charge in [0.1, 0.15) is 11.3 Å². The van der Waals surface area contributed by atoms with Crippen LogP contribution in [0.3, 0.4) is 0 Å². The van der Waals surface area contributed by atoms with Crippen molar-refractivity contribution in [2.24, 2.45) is 5.92 Å². The lowest BCUT2D eigenvalue weighted by molar-refractivity contribution is 0.103. The van der Waals surface area contributed by atoms with Crippen LogP contribution < -0.4 is 4.74 Å². The average Bonchev–Trinajstić information content (AvgIpc) is 2.48. The molecule has 3 nitrogen and oxygen atoms in total. The fraction of sp³-hybridized carbons (Fsp3) is 0.611. The molecule has 0 aromatic heterocycles. The summed E-state index contributed by atoms with van der Waals surface area (Å²) in [4.78, 5) is 2.35. The molecule has 0 bridgehead atoms. The largest absolute Gasteiger partial charge is 0.494 e. The molecule has 3 heteroatoms. The van der Waals surface area contributed by atoms with E-state index in [2.05, 4.69) is 36.9 Å². The van der Waals surface area contributed by atoms with E-state index in [1.165, 1.54) is 18.4 Å². The Bertz CT molecular complexity index is 500. The van der Waals surface area contributed by atoms with Crippen LogP contribution in [0.25, 0.3) is 0 Å². The van der Waals surface area contributed by atoms with E-state index in [0.717, 1.165) is 31.2 Å². The van der Waals surface area contributed by atoms with Gasteiger partial charge < -0.3 is 4.74 Å². The van der Waals surface area contributed by atoms with Crippen LogP contribution in [0.15, 0.2) is 24.3 Å². The molecule has 114 valence electrons. The van der Waals surface area contributed by atoms with Crippen molar-refractivity contribution in [2.45, 2.75) is 45.6 Å². The smallest absolute Gasteiger partial charge is 0.119 e. The molecule has 1 atom stereocenters. The number of nitrogens with zero attached hydrogens (tertiary/aromatic N) is 2. The van der Waals surface area contributed by atoms with Gasteiger partial charge in [-0.2, -0.15) is 5.26 Å². The highest BCUT2D eigenvalue weighted by atomic mass is 16.5. The first-order chi connectivity index (χ1) is 10.1. The normalized spacial score (nSPS) is 19.7. The minimum Gasteiger partial charge on any atom is -0.494 e. The summed E-state index contributed by atoms with van der Waals surface area (Å²) in [5, 5.41) is 9.71. The third-order valence-electron chi connectivity index (χ3n) is 4.48. The predicted octanol–water partition coefficient (Wildman–Crippen LogP) is 3.64. The minimum atomic E-state index is -0.426. The number of likely N-dealkylation sites (tertiary alicyclic amines) is 1. The molecule has 1 unspecified atom stereocenters. The highest BCUT2D eigenvalue weighted by Crippen LogP contribution is 2.27. The maximum absolute atomic E-state index is 9.71. The van der Waals surface area contributed by atoms with Crippen LogP contribution in [-0.4, -0.2) is 30.1 Å². The first-order valence-electron chi connectivity index (χ1n) is 7.95. The van der Waals surface area contributed by atoms with Crippen molar-refractivity contribution in [3.8, 4) is 11.8 Å². The molecule has 1 fully saturated rings. The highest BCUT2D eigenvalue weighted by Gasteiger charge is 2.34. The van der Waals surface area contributed by atoms with E-state index in [9.17, 15) is 5.26 Å². The van der Waals surface area contributed by atoms with Crippen molar-refractivity contribution >= 4 is 0 Å². The molecule has 21 heavy (non-hydrogen) atoms. The summed E-state index contributed by atoms with van der Waals surface area (Å²) >= 11 is 0. The SMILES string of the molecule is CCOc1cccc(CC(C)(C#N)N2CCC(C)CC2)c1. The second kappa shape index (κ2) is 6.95. The van der Waals surface area contributed by atoms with Crippen molar-refractivity contribution < 1.29 is 4.74 Å². The van der Waals surface area contributed by atoms with E-state index in [0.29, 0.717) is 6.61 Å². The fourth-order valence-electron chi connectivity index (χ4n) is 3.03. The van der Waals surface area contributed by atoms with Gasteiger partial charge in [-0.25, -0.2) is 0 Å². The number of hydrogen-bond donors (Lipinski definition) is 0. The summed E-state index contributed by atoms with van der Waals surface area (Å²) < 4.78 is 5.56. The van der Waals surface area contributed by atoms with Gasteiger partial charge in [0.2, 0.25) is 0 Å². The van der Waals surface area contributed by atoms with Crippen LogP contribution in [0.4, 0.5) is 0 Å². The van der Waals surface area contributed by atoms with E-state index in [1.54, 1.807) is 0 Å².